The molecule has 0 radical (unpaired) electrons. The number of hydrogen-bond acceptors (Lipinski definition) is 4. The lowest BCUT2D eigenvalue weighted by molar-refractivity contribution is 0.0945. The highest BCUT2D eigenvalue weighted by Gasteiger charge is 2.18. The van der Waals surface area contributed by atoms with E-state index in [1.165, 1.54) is 0 Å². The number of para-hydroxylation sites is 1. The molecule has 1 aromatic carbocycles. The first-order valence-electron chi connectivity index (χ1n) is 8.70. The van der Waals surface area contributed by atoms with Crippen molar-refractivity contribution in [1.82, 2.24) is 15.3 Å². The van der Waals surface area contributed by atoms with Gasteiger partial charge in [0.1, 0.15) is 11.4 Å². The van der Waals surface area contributed by atoms with Crippen LogP contribution in [0.1, 0.15) is 33.5 Å². The highest BCUT2D eigenvalue weighted by molar-refractivity contribution is 6.05. The summed E-state index contributed by atoms with van der Waals surface area (Å²) in [6.07, 6.45) is 3.36. The van der Waals surface area contributed by atoms with Gasteiger partial charge in [-0.05, 0) is 42.8 Å². The van der Waals surface area contributed by atoms with Crippen molar-refractivity contribution < 1.29 is 9.59 Å². The summed E-state index contributed by atoms with van der Waals surface area (Å²) in [5.74, 6) is -0.582. The molecule has 0 aliphatic heterocycles. The van der Waals surface area contributed by atoms with Crippen LogP contribution >= 0.6 is 0 Å². The van der Waals surface area contributed by atoms with Gasteiger partial charge in [0.05, 0.1) is 0 Å². The van der Waals surface area contributed by atoms with Gasteiger partial charge in [-0.25, -0.2) is 4.98 Å². The fraction of sp³-hybridized carbons (Fsp3) is 0.143. The number of nitrogens with one attached hydrogen (secondary N) is 1. The zero-order valence-electron chi connectivity index (χ0n) is 15.0. The van der Waals surface area contributed by atoms with Crippen LogP contribution in [0.15, 0.2) is 73.1 Å². The second-order valence-corrected chi connectivity index (χ2v) is 5.84. The van der Waals surface area contributed by atoms with Crippen molar-refractivity contribution in [2.75, 3.05) is 11.4 Å². The van der Waals surface area contributed by atoms with E-state index in [-0.39, 0.29) is 23.2 Å². The van der Waals surface area contributed by atoms with Crippen LogP contribution in [0.25, 0.3) is 0 Å². The Balaban J connectivity index is 1.74. The fourth-order valence-electron chi connectivity index (χ4n) is 2.65. The number of hydrogen-bond donors (Lipinski definition) is 1. The van der Waals surface area contributed by atoms with E-state index in [0.717, 1.165) is 11.3 Å². The smallest absolute Gasteiger partial charge is 0.276 e. The standard InChI is InChI=1S/C21H20N4O2/c1-2-25(17-9-4-3-5-10-17)21(27)19-12-6-11-18(24-19)20(26)23-15-16-8-7-13-22-14-16/h3-14H,2,15H2,1H3,(H,23,26). The predicted octanol–water partition coefficient (Wildman–Crippen LogP) is 3.07. The number of aromatic nitrogens is 2. The number of nitrogens with zero attached hydrogens (tertiary/aromatic N) is 3. The number of carbonyl (C=O) groups is 2. The quantitative estimate of drug-likeness (QED) is 0.733. The van der Waals surface area contributed by atoms with Gasteiger partial charge in [0, 0.05) is 31.2 Å². The highest BCUT2D eigenvalue weighted by atomic mass is 16.2. The summed E-state index contributed by atoms with van der Waals surface area (Å²) in [7, 11) is 0. The van der Waals surface area contributed by atoms with Crippen LogP contribution in [-0.2, 0) is 6.54 Å². The summed E-state index contributed by atoms with van der Waals surface area (Å²) in [5, 5.41) is 2.79. The second-order valence-electron chi connectivity index (χ2n) is 5.84. The van der Waals surface area contributed by atoms with Crippen molar-refractivity contribution in [3.63, 3.8) is 0 Å². The molecule has 0 unspecified atom stereocenters. The zero-order valence-corrected chi connectivity index (χ0v) is 15.0. The van der Waals surface area contributed by atoms with Gasteiger partial charge in [-0.3, -0.25) is 14.6 Å². The molecule has 2 amide bonds. The number of anilines is 1. The predicted molar refractivity (Wildman–Crippen MR) is 103 cm³/mol. The molecule has 27 heavy (non-hydrogen) atoms. The van der Waals surface area contributed by atoms with Crippen molar-refractivity contribution in [1.29, 1.82) is 0 Å². The van der Waals surface area contributed by atoms with Crippen LogP contribution in [0, 0.1) is 0 Å². The van der Waals surface area contributed by atoms with Crippen LogP contribution in [0.3, 0.4) is 0 Å². The molecule has 136 valence electrons. The van der Waals surface area contributed by atoms with E-state index >= 15 is 0 Å². The monoisotopic (exact) mass is 360 g/mol. The number of carbonyl (C=O) groups excluding carboxylic acids is 2. The van der Waals surface area contributed by atoms with Gasteiger partial charge in [-0.1, -0.05) is 30.3 Å². The maximum absolute atomic E-state index is 12.9. The van der Waals surface area contributed by atoms with Crippen LogP contribution < -0.4 is 10.2 Å². The Labute approximate surface area is 157 Å². The van der Waals surface area contributed by atoms with Crippen molar-refractivity contribution in [2.45, 2.75) is 13.5 Å². The summed E-state index contributed by atoms with van der Waals surface area (Å²) < 4.78 is 0. The first-order chi connectivity index (χ1) is 13.2. The number of rotatable bonds is 6. The summed E-state index contributed by atoms with van der Waals surface area (Å²) in [6, 6.07) is 17.9. The van der Waals surface area contributed by atoms with E-state index in [0.29, 0.717) is 13.1 Å². The van der Waals surface area contributed by atoms with E-state index < -0.39 is 0 Å². The summed E-state index contributed by atoms with van der Waals surface area (Å²) in [5.41, 5.74) is 2.11. The van der Waals surface area contributed by atoms with Gasteiger partial charge < -0.3 is 10.2 Å². The third-order valence-electron chi connectivity index (χ3n) is 4.01. The largest absolute Gasteiger partial charge is 0.347 e. The van der Waals surface area contributed by atoms with Gasteiger partial charge >= 0.3 is 0 Å². The third kappa shape index (κ3) is 4.55. The van der Waals surface area contributed by atoms with Gasteiger partial charge in [0.25, 0.3) is 11.8 Å². The second kappa shape index (κ2) is 8.71. The zero-order chi connectivity index (χ0) is 19.1. The molecule has 0 atom stereocenters. The lowest BCUT2D eigenvalue weighted by Gasteiger charge is -2.20. The first-order valence-corrected chi connectivity index (χ1v) is 8.70. The average Bonchev–Trinajstić information content (AvgIpc) is 2.74. The van der Waals surface area contributed by atoms with Gasteiger partial charge in [-0.15, -0.1) is 0 Å². The lowest BCUT2D eigenvalue weighted by atomic mass is 10.2. The van der Waals surface area contributed by atoms with Crippen molar-refractivity contribution in [3.05, 3.63) is 90.0 Å². The summed E-state index contributed by atoms with van der Waals surface area (Å²) in [4.78, 5) is 35.1. The van der Waals surface area contributed by atoms with E-state index in [1.807, 2.05) is 49.4 Å². The van der Waals surface area contributed by atoms with Gasteiger partial charge in [0.2, 0.25) is 0 Å². The number of amides is 2. The molecule has 0 saturated carbocycles. The van der Waals surface area contributed by atoms with E-state index in [1.54, 1.807) is 35.5 Å². The molecule has 0 aliphatic rings. The Morgan fingerprint density at radius 1 is 0.963 bits per heavy atom. The maximum Gasteiger partial charge on any atom is 0.276 e. The van der Waals surface area contributed by atoms with Gasteiger partial charge in [-0.2, -0.15) is 0 Å². The van der Waals surface area contributed by atoms with Crippen molar-refractivity contribution in [2.24, 2.45) is 0 Å². The Bertz CT molecular complexity index is 914. The average molecular weight is 360 g/mol. The van der Waals surface area contributed by atoms with Crippen molar-refractivity contribution in [3.8, 4) is 0 Å². The molecule has 0 aliphatic carbocycles. The molecule has 6 nitrogen and oxygen atoms in total. The van der Waals surface area contributed by atoms with Gasteiger partial charge in [0.15, 0.2) is 0 Å². The first kappa shape index (κ1) is 18.3. The van der Waals surface area contributed by atoms with Crippen LogP contribution in [0.4, 0.5) is 5.69 Å². The Morgan fingerprint density at radius 3 is 2.44 bits per heavy atom. The molecular weight excluding hydrogens is 340 g/mol. The normalized spacial score (nSPS) is 10.3. The Morgan fingerprint density at radius 2 is 1.74 bits per heavy atom. The van der Waals surface area contributed by atoms with Crippen LogP contribution in [-0.4, -0.2) is 28.3 Å². The third-order valence-corrected chi connectivity index (χ3v) is 4.01. The summed E-state index contributed by atoms with van der Waals surface area (Å²) in [6.45, 7) is 2.74. The van der Waals surface area contributed by atoms with Crippen LogP contribution in [0.2, 0.25) is 0 Å². The molecule has 6 heteroatoms. The van der Waals surface area contributed by atoms with E-state index in [2.05, 4.69) is 15.3 Å². The van der Waals surface area contributed by atoms with E-state index in [9.17, 15) is 9.59 Å². The van der Waals surface area contributed by atoms with E-state index in [4.69, 9.17) is 0 Å². The SMILES string of the molecule is CCN(C(=O)c1cccc(C(=O)NCc2cccnc2)n1)c1ccccc1. The number of benzene rings is 1. The molecule has 0 spiro atoms. The maximum atomic E-state index is 12.9. The fourth-order valence-corrected chi connectivity index (χ4v) is 2.65. The topological polar surface area (TPSA) is 75.2 Å². The van der Waals surface area contributed by atoms with Crippen molar-refractivity contribution >= 4 is 17.5 Å². The molecule has 3 aromatic rings. The molecular formula is C21H20N4O2. The summed E-state index contributed by atoms with van der Waals surface area (Å²) >= 11 is 0. The minimum absolute atomic E-state index is 0.203. The molecule has 2 aromatic heterocycles. The molecule has 0 bridgehead atoms. The Hall–Kier alpha value is -3.54. The molecule has 1 N–H and O–H groups in total. The molecule has 0 saturated heterocycles. The number of pyridine rings is 2. The lowest BCUT2D eigenvalue weighted by Crippen LogP contribution is -2.32. The van der Waals surface area contributed by atoms with Crippen LogP contribution in [0.5, 0.6) is 0 Å². The molecule has 3 rings (SSSR count). The highest BCUT2D eigenvalue weighted by Crippen LogP contribution is 2.16. The molecule has 0 fully saturated rings. The molecule has 2 heterocycles. The minimum atomic E-state index is -0.337. The minimum Gasteiger partial charge on any atom is -0.347 e. The Kier molecular flexibility index (Phi) is 5.89.